The molecule has 2 amide bonds. The molecule has 0 saturated heterocycles. The highest BCUT2D eigenvalue weighted by Crippen LogP contribution is 2.33. The van der Waals surface area contributed by atoms with Crippen molar-refractivity contribution >= 4 is 22.9 Å². The lowest BCUT2D eigenvalue weighted by Crippen LogP contribution is -2.65. The van der Waals surface area contributed by atoms with E-state index in [1.807, 2.05) is 24.5 Å². The minimum Gasteiger partial charge on any atom is -0.463 e. The van der Waals surface area contributed by atoms with Gasteiger partial charge in [0.05, 0.1) is 18.3 Å². The molecule has 1 saturated carbocycles. The highest BCUT2D eigenvalue weighted by molar-refractivity contribution is 6.02. The number of aromatic nitrogens is 1. The summed E-state index contributed by atoms with van der Waals surface area (Å²) in [5.41, 5.74) is 1.29. The van der Waals surface area contributed by atoms with Crippen LogP contribution in [-0.4, -0.2) is 39.4 Å². The standard InChI is InChI=1S/C20H27N3O3/c1-3-10-23-18(24)16-12-17-15(9-11-26-17)22(16)13-20(23,2)19(25)21-14-7-5-4-6-8-14/h9,11-12,14H,3-8,10,13H2,1-2H3,(H,21,25). The number of amides is 2. The van der Waals surface area contributed by atoms with Gasteiger partial charge in [-0.25, -0.2) is 0 Å². The molecule has 4 rings (SSSR count). The van der Waals surface area contributed by atoms with Crippen LogP contribution in [0, 0.1) is 0 Å². The van der Waals surface area contributed by atoms with Crippen LogP contribution < -0.4 is 5.32 Å². The Morgan fingerprint density at radius 2 is 2.12 bits per heavy atom. The Hall–Kier alpha value is -2.24. The first-order valence-electron chi connectivity index (χ1n) is 9.74. The second kappa shape index (κ2) is 6.49. The van der Waals surface area contributed by atoms with Crippen LogP contribution in [0.4, 0.5) is 0 Å². The highest BCUT2D eigenvalue weighted by atomic mass is 16.3. The third-order valence-electron chi connectivity index (χ3n) is 5.93. The van der Waals surface area contributed by atoms with E-state index in [2.05, 4.69) is 5.32 Å². The smallest absolute Gasteiger partial charge is 0.271 e. The van der Waals surface area contributed by atoms with Gasteiger partial charge in [0.1, 0.15) is 11.2 Å². The first kappa shape index (κ1) is 17.2. The molecule has 0 radical (unpaired) electrons. The molecule has 0 bridgehead atoms. The van der Waals surface area contributed by atoms with Crippen molar-refractivity contribution < 1.29 is 14.0 Å². The van der Waals surface area contributed by atoms with E-state index < -0.39 is 5.54 Å². The van der Waals surface area contributed by atoms with Gasteiger partial charge in [-0.1, -0.05) is 26.2 Å². The molecule has 2 aromatic rings. The van der Waals surface area contributed by atoms with Crippen molar-refractivity contribution in [2.45, 2.75) is 70.5 Å². The Morgan fingerprint density at radius 1 is 1.35 bits per heavy atom. The quantitative estimate of drug-likeness (QED) is 0.913. The van der Waals surface area contributed by atoms with Crippen molar-refractivity contribution in [1.29, 1.82) is 0 Å². The van der Waals surface area contributed by atoms with Gasteiger partial charge in [0, 0.05) is 24.7 Å². The topological polar surface area (TPSA) is 67.5 Å². The summed E-state index contributed by atoms with van der Waals surface area (Å²) in [6.07, 6.45) is 8.08. The number of rotatable bonds is 4. The Morgan fingerprint density at radius 3 is 2.85 bits per heavy atom. The summed E-state index contributed by atoms with van der Waals surface area (Å²) in [6, 6.07) is 3.88. The maximum absolute atomic E-state index is 13.3. The molecular formula is C20H27N3O3. The van der Waals surface area contributed by atoms with Gasteiger partial charge in [0.2, 0.25) is 5.91 Å². The number of fused-ring (bicyclic) bond motifs is 3. The monoisotopic (exact) mass is 357 g/mol. The van der Waals surface area contributed by atoms with Crippen LogP contribution in [0.15, 0.2) is 22.8 Å². The maximum Gasteiger partial charge on any atom is 0.271 e. The SMILES string of the molecule is CCCN1C(=O)c2cc3occc3n2CC1(C)C(=O)NC1CCCCC1. The van der Waals surface area contributed by atoms with E-state index in [-0.39, 0.29) is 17.9 Å². The van der Waals surface area contributed by atoms with Gasteiger partial charge in [-0.3, -0.25) is 9.59 Å². The van der Waals surface area contributed by atoms with E-state index in [1.54, 1.807) is 17.2 Å². The predicted octanol–water partition coefficient (Wildman–Crippen LogP) is 3.31. The molecule has 3 heterocycles. The molecule has 2 aromatic heterocycles. The van der Waals surface area contributed by atoms with E-state index >= 15 is 0 Å². The van der Waals surface area contributed by atoms with Crippen molar-refractivity contribution in [2.75, 3.05) is 6.54 Å². The molecular weight excluding hydrogens is 330 g/mol. The van der Waals surface area contributed by atoms with Crippen LogP contribution >= 0.6 is 0 Å². The molecule has 1 unspecified atom stereocenters. The zero-order chi connectivity index (χ0) is 18.3. The van der Waals surface area contributed by atoms with Crippen LogP contribution in [-0.2, 0) is 11.3 Å². The average molecular weight is 357 g/mol. The fourth-order valence-electron chi connectivity index (χ4n) is 4.43. The van der Waals surface area contributed by atoms with Crippen LogP contribution in [0.2, 0.25) is 0 Å². The number of nitrogens with one attached hydrogen (secondary N) is 1. The van der Waals surface area contributed by atoms with E-state index in [0.29, 0.717) is 24.4 Å². The Bertz CT molecular complexity index is 831. The van der Waals surface area contributed by atoms with E-state index in [9.17, 15) is 9.59 Å². The molecule has 26 heavy (non-hydrogen) atoms. The van der Waals surface area contributed by atoms with Crippen molar-refractivity contribution in [2.24, 2.45) is 0 Å². The zero-order valence-corrected chi connectivity index (χ0v) is 15.6. The third-order valence-corrected chi connectivity index (χ3v) is 5.93. The molecule has 6 nitrogen and oxygen atoms in total. The molecule has 140 valence electrons. The molecule has 1 aliphatic heterocycles. The largest absolute Gasteiger partial charge is 0.463 e. The molecule has 1 atom stereocenters. The van der Waals surface area contributed by atoms with Gasteiger partial charge in [-0.05, 0) is 26.2 Å². The van der Waals surface area contributed by atoms with Crippen molar-refractivity contribution in [3.05, 3.63) is 24.1 Å². The first-order valence-corrected chi connectivity index (χ1v) is 9.74. The van der Waals surface area contributed by atoms with Crippen LogP contribution in [0.3, 0.4) is 0 Å². The Kier molecular flexibility index (Phi) is 4.29. The number of nitrogens with zero attached hydrogens (tertiary/aromatic N) is 2. The van der Waals surface area contributed by atoms with Crippen LogP contribution in [0.25, 0.3) is 11.1 Å². The van der Waals surface area contributed by atoms with E-state index in [1.165, 1.54) is 6.42 Å². The molecule has 1 aliphatic carbocycles. The highest BCUT2D eigenvalue weighted by Gasteiger charge is 2.47. The van der Waals surface area contributed by atoms with Gasteiger partial charge >= 0.3 is 0 Å². The lowest BCUT2D eigenvalue weighted by atomic mass is 9.91. The lowest BCUT2D eigenvalue weighted by molar-refractivity contribution is -0.133. The van der Waals surface area contributed by atoms with E-state index in [0.717, 1.165) is 37.6 Å². The Labute approximate surface area is 153 Å². The van der Waals surface area contributed by atoms with Crippen LogP contribution in [0.5, 0.6) is 0 Å². The van der Waals surface area contributed by atoms with Crippen LogP contribution in [0.1, 0.15) is 62.9 Å². The lowest BCUT2D eigenvalue weighted by Gasteiger charge is -2.44. The number of hydrogen-bond acceptors (Lipinski definition) is 3. The molecule has 1 N–H and O–H groups in total. The minimum atomic E-state index is -0.888. The van der Waals surface area contributed by atoms with Crippen molar-refractivity contribution in [3.63, 3.8) is 0 Å². The molecule has 0 aromatic carbocycles. The number of hydrogen-bond donors (Lipinski definition) is 1. The fourth-order valence-corrected chi connectivity index (χ4v) is 4.43. The summed E-state index contributed by atoms with van der Waals surface area (Å²) in [7, 11) is 0. The normalized spacial score (nSPS) is 24.1. The van der Waals surface area contributed by atoms with Gasteiger partial charge in [-0.2, -0.15) is 0 Å². The summed E-state index contributed by atoms with van der Waals surface area (Å²) in [6.45, 7) is 4.95. The first-order chi connectivity index (χ1) is 12.5. The summed E-state index contributed by atoms with van der Waals surface area (Å²) >= 11 is 0. The molecule has 1 fully saturated rings. The summed E-state index contributed by atoms with van der Waals surface area (Å²) in [5.74, 6) is -0.131. The zero-order valence-electron chi connectivity index (χ0n) is 15.6. The fraction of sp³-hybridized carbons (Fsp3) is 0.600. The van der Waals surface area contributed by atoms with Gasteiger partial charge < -0.3 is 19.2 Å². The minimum absolute atomic E-state index is 0.0396. The summed E-state index contributed by atoms with van der Waals surface area (Å²) in [4.78, 5) is 28.2. The summed E-state index contributed by atoms with van der Waals surface area (Å²) in [5, 5.41) is 3.23. The third kappa shape index (κ3) is 2.63. The molecule has 6 heteroatoms. The van der Waals surface area contributed by atoms with E-state index in [4.69, 9.17) is 4.42 Å². The second-order valence-corrected chi connectivity index (χ2v) is 7.82. The number of carbonyl (C=O) groups is 2. The van der Waals surface area contributed by atoms with Gasteiger partial charge in [-0.15, -0.1) is 0 Å². The maximum atomic E-state index is 13.3. The predicted molar refractivity (Wildman–Crippen MR) is 99.0 cm³/mol. The van der Waals surface area contributed by atoms with Crippen molar-refractivity contribution in [3.8, 4) is 0 Å². The number of carbonyl (C=O) groups excluding carboxylic acids is 2. The van der Waals surface area contributed by atoms with Gasteiger partial charge in [0.15, 0.2) is 5.58 Å². The molecule has 0 spiro atoms. The molecule has 2 aliphatic rings. The van der Waals surface area contributed by atoms with Gasteiger partial charge in [0.25, 0.3) is 5.91 Å². The second-order valence-electron chi connectivity index (χ2n) is 7.82. The Balaban J connectivity index is 1.68. The number of furan rings is 1. The average Bonchev–Trinajstić information content (AvgIpc) is 3.22. The summed E-state index contributed by atoms with van der Waals surface area (Å²) < 4.78 is 7.41. The van der Waals surface area contributed by atoms with Crippen molar-refractivity contribution in [1.82, 2.24) is 14.8 Å².